The second-order valence-electron chi connectivity index (χ2n) is 4.03. The van der Waals surface area contributed by atoms with E-state index in [-0.39, 0.29) is 12.1 Å². The maximum absolute atomic E-state index is 13.0. The van der Waals surface area contributed by atoms with Crippen LogP contribution in [0.3, 0.4) is 0 Å². The summed E-state index contributed by atoms with van der Waals surface area (Å²) in [6, 6.07) is 1.14. The van der Waals surface area contributed by atoms with E-state index in [1.807, 2.05) is 0 Å². The Hall–Kier alpha value is -1.77. The van der Waals surface area contributed by atoms with E-state index in [2.05, 4.69) is 28.0 Å². The molecule has 0 spiro atoms. The zero-order chi connectivity index (χ0) is 14.9. The molecule has 0 radical (unpaired) electrons. The highest BCUT2D eigenvalue weighted by atomic mass is 32.1. The summed E-state index contributed by atoms with van der Waals surface area (Å²) in [6.45, 7) is 0.169. The minimum absolute atomic E-state index is 0.0885. The van der Waals surface area contributed by atoms with Gasteiger partial charge in [-0.1, -0.05) is 0 Å². The fraction of sp³-hybridized carbons (Fsp3) is 0.364. The van der Waals surface area contributed by atoms with Gasteiger partial charge in [-0.3, -0.25) is 9.48 Å². The molecule has 0 fully saturated rings. The molecule has 0 aliphatic rings. The quantitative estimate of drug-likeness (QED) is 0.848. The molecule has 5 nitrogen and oxygen atoms in total. The Morgan fingerprint density at radius 3 is 2.80 bits per heavy atom. The van der Waals surface area contributed by atoms with Crippen LogP contribution in [0.2, 0.25) is 0 Å². The average molecular weight is 304 g/mol. The van der Waals surface area contributed by atoms with Gasteiger partial charge in [0.2, 0.25) is 0 Å². The van der Waals surface area contributed by atoms with Crippen molar-refractivity contribution in [1.29, 1.82) is 0 Å². The number of aryl methyl sites for hydroxylation is 1. The van der Waals surface area contributed by atoms with Gasteiger partial charge in [-0.05, 0) is 6.07 Å². The number of nitrogens with one attached hydrogen (secondary N) is 1. The molecule has 0 bridgehead atoms. The third-order valence-corrected chi connectivity index (χ3v) is 2.87. The molecule has 0 atom stereocenters. The molecule has 0 aromatic carbocycles. The molecule has 0 saturated carbocycles. The number of alkyl halides is 3. The minimum Gasteiger partial charge on any atom is -0.351 e. The lowest BCUT2D eigenvalue weighted by molar-refractivity contribution is -0.141. The van der Waals surface area contributed by atoms with Crippen LogP contribution in [-0.2, 0) is 13.2 Å². The molecular weight excluding hydrogens is 293 g/mol. The molecule has 0 saturated heterocycles. The maximum Gasteiger partial charge on any atom is 0.434 e. The third-order valence-electron chi connectivity index (χ3n) is 2.64. The van der Waals surface area contributed by atoms with E-state index in [0.717, 1.165) is 6.07 Å². The van der Waals surface area contributed by atoms with Crippen LogP contribution in [0, 0.1) is 0 Å². The number of hydrogen-bond acceptors (Lipinski definition) is 4. The topological polar surface area (TPSA) is 59.8 Å². The molecule has 1 amide bonds. The van der Waals surface area contributed by atoms with Gasteiger partial charge >= 0.3 is 6.18 Å². The lowest BCUT2D eigenvalue weighted by Crippen LogP contribution is -2.28. The third kappa shape index (κ3) is 2.72. The predicted molar refractivity (Wildman–Crippen MR) is 69.7 cm³/mol. The fourth-order valence-electron chi connectivity index (χ4n) is 1.73. The van der Waals surface area contributed by atoms with E-state index >= 15 is 0 Å². The number of thiol groups is 1. The summed E-state index contributed by atoms with van der Waals surface area (Å²) < 4.78 is 40.3. The molecule has 2 rings (SSSR count). The highest BCUT2D eigenvalue weighted by Gasteiger charge is 2.38. The van der Waals surface area contributed by atoms with E-state index in [0.29, 0.717) is 11.3 Å². The number of aromatic nitrogens is 3. The van der Waals surface area contributed by atoms with Gasteiger partial charge in [0.15, 0.2) is 5.69 Å². The second kappa shape index (κ2) is 5.31. The SMILES string of the molecule is Cn1ncc2nc(C(F)(F)F)c(C(=O)NCCS)cc21. The van der Waals surface area contributed by atoms with Crippen LogP contribution in [0.15, 0.2) is 12.3 Å². The maximum atomic E-state index is 13.0. The number of fused-ring (bicyclic) bond motifs is 1. The Bertz CT molecular complexity index is 653. The average Bonchev–Trinajstić information content (AvgIpc) is 2.75. The molecule has 108 valence electrons. The molecule has 0 unspecified atom stereocenters. The van der Waals surface area contributed by atoms with Gasteiger partial charge in [-0.25, -0.2) is 4.98 Å². The van der Waals surface area contributed by atoms with Crippen molar-refractivity contribution in [3.05, 3.63) is 23.5 Å². The molecule has 0 aliphatic carbocycles. The van der Waals surface area contributed by atoms with Gasteiger partial charge in [0, 0.05) is 19.3 Å². The van der Waals surface area contributed by atoms with Crippen molar-refractivity contribution in [2.75, 3.05) is 12.3 Å². The van der Waals surface area contributed by atoms with Crippen LogP contribution in [0.1, 0.15) is 16.1 Å². The first-order valence-electron chi connectivity index (χ1n) is 5.63. The first kappa shape index (κ1) is 14.6. The minimum atomic E-state index is -4.71. The van der Waals surface area contributed by atoms with E-state index in [1.165, 1.54) is 10.9 Å². The summed E-state index contributed by atoms with van der Waals surface area (Å²) in [4.78, 5) is 15.3. The standard InChI is InChI=1S/C11H11F3N4OS/c1-18-8-4-6(10(19)15-2-3-20)9(11(12,13)14)17-7(8)5-16-18/h4-5,20H,2-3H2,1H3,(H,15,19). The smallest absolute Gasteiger partial charge is 0.351 e. The molecule has 9 heteroatoms. The van der Waals surface area contributed by atoms with Gasteiger partial charge in [0.05, 0.1) is 17.3 Å². The first-order chi connectivity index (χ1) is 9.34. The van der Waals surface area contributed by atoms with Crippen molar-refractivity contribution < 1.29 is 18.0 Å². The van der Waals surface area contributed by atoms with E-state index in [9.17, 15) is 18.0 Å². The molecule has 1 N–H and O–H groups in total. The van der Waals surface area contributed by atoms with Crippen molar-refractivity contribution in [2.24, 2.45) is 7.05 Å². The predicted octanol–water partition coefficient (Wildman–Crippen LogP) is 1.65. The lowest BCUT2D eigenvalue weighted by Gasteiger charge is -2.12. The number of pyridine rings is 1. The summed E-state index contributed by atoms with van der Waals surface area (Å²) in [5, 5.41) is 6.18. The van der Waals surface area contributed by atoms with Crippen LogP contribution >= 0.6 is 12.6 Å². The number of hydrogen-bond donors (Lipinski definition) is 2. The highest BCUT2D eigenvalue weighted by molar-refractivity contribution is 7.80. The van der Waals surface area contributed by atoms with Crippen LogP contribution in [0.4, 0.5) is 13.2 Å². The Morgan fingerprint density at radius 2 is 2.20 bits per heavy atom. The van der Waals surface area contributed by atoms with Gasteiger partial charge in [-0.2, -0.15) is 30.9 Å². The van der Waals surface area contributed by atoms with Crippen molar-refractivity contribution in [3.63, 3.8) is 0 Å². The Labute approximate surface area is 117 Å². The Morgan fingerprint density at radius 1 is 1.50 bits per heavy atom. The summed E-state index contributed by atoms with van der Waals surface area (Å²) in [5.74, 6) is -0.504. The molecule has 20 heavy (non-hydrogen) atoms. The molecule has 2 aromatic rings. The Kier molecular flexibility index (Phi) is 3.89. The number of carbonyl (C=O) groups excluding carboxylic acids is 1. The number of carbonyl (C=O) groups is 1. The van der Waals surface area contributed by atoms with Crippen LogP contribution in [0.5, 0.6) is 0 Å². The van der Waals surface area contributed by atoms with E-state index in [1.54, 1.807) is 7.05 Å². The summed E-state index contributed by atoms with van der Waals surface area (Å²) >= 11 is 3.89. The van der Waals surface area contributed by atoms with Crippen LogP contribution < -0.4 is 5.32 Å². The van der Waals surface area contributed by atoms with Gasteiger partial charge in [0.25, 0.3) is 5.91 Å². The van der Waals surface area contributed by atoms with Crippen LogP contribution in [-0.4, -0.2) is 33.0 Å². The summed E-state index contributed by atoms with van der Waals surface area (Å²) in [7, 11) is 1.56. The van der Waals surface area contributed by atoms with Gasteiger partial charge in [-0.15, -0.1) is 0 Å². The van der Waals surface area contributed by atoms with Gasteiger partial charge < -0.3 is 5.32 Å². The second-order valence-corrected chi connectivity index (χ2v) is 4.48. The van der Waals surface area contributed by atoms with Crippen LogP contribution in [0.25, 0.3) is 11.0 Å². The van der Waals surface area contributed by atoms with Crippen molar-refractivity contribution in [1.82, 2.24) is 20.1 Å². The molecule has 2 aromatic heterocycles. The monoisotopic (exact) mass is 304 g/mol. The normalized spacial score (nSPS) is 11.8. The highest BCUT2D eigenvalue weighted by Crippen LogP contribution is 2.32. The van der Waals surface area contributed by atoms with E-state index in [4.69, 9.17) is 0 Å². The zero-order valence-electron chi connectivity index (χ0n) is 10.4. The number of nitrogens with zero attached hydrogens (tertiary/aromatic N) is 3. The largest absolute Gasteiger partial charge is 0.434 e. The number of rotatable bonds is 3. The molecule has 2 heterocycles. The van der Waals surface area contributed by atoms with Crippen molar-refractivity contribution in [2.45, 2.75) is 6.18 Å². The molecular formula is C11H11F3N4OS. The van der Waals surface area contributed by atoms with Gasteiger partial charge in [0.1, 0.15) is 5.52 Å². The van der Waals surface area contributed by atoms with Crippen molar-refractivity contribution in [3.8, 4) is 0 Å². The van der Waals surface area contributed by atoms with Crippen molar-refractivity contribution >= 4 is 29.6 Å². The number of halogens is 3. The fourth-order valence-corrected chi connectivity index (χ4v) is 1.84. The summed E-state index contributed by atoms with van der Waals surface area (Å²) in [5.41, 5.74) is -1.29. The number of amides is 1. The Balaban J connectivity index is 2.59. The molecule has 0 aliphatic heterocycles. The lowest BCUT2D eigenvalue weighted by atomic mass is 10.1. The van der Waals surface area contributed by atoms with E-state index < -0.39 is 23.3 Å². The summed E-state index contributed by atoms with van der Waals surface area (Å²) in [6.07, 6.45) is -3.49. The first-order valence-corrected chi connectivity index (χ1v) is 6.27. The zero-order valence-corrected chi connectivity index (χ0v) is 11.3.